The number of aliphatic hydroxyl groups excluding tert-OH is 1. The number of nitrogens with one attached hydrogen (secondary N) is 1. The fourth-order valence-electron chi connectivity index (χ4n) is 1.99. The van der Waals surface area contributed by atoms with Crippen LogP contribution in [0.3, 0.4) is 0 Å². The minimum atomic E-state index is -1.23. The minimum Gasteiger partial charge on any atom is -0.480 e. The highest BCUT2D eigenvalue weighted by molar-refractivity contribution is 5.83. The summed E-state index contributed by atoms with van der Waals surface area (Å²) in [6.07, 6.45) is -0.686. The lowest BCUT2D eigenvalue weighted by Crippen LogP contribution is -2.57. The lowest BCUT2D eigenvalue weighted by Gasteiger charge is -2.37. The Hall–Kier alpha value is -1.87. The summed E-state index contributed by atoms with van der Waals surface area (Å²) in [6, 6.07) is -1.99. The summed E-state index contributed by atoms with van der Waals surface area (Å²) in [5, 5.41) is 20.5. The third-order valence-electron chi connectivity index (χ3n) is 3.25. The summed E-state index contributed by atoms with van der Waals surface area (Å²) >= 11 is 0. The van der Waals surface area contributed by atoms with Gasteiger partial charge in [-0.15, -0.1) is 0 Å². The van der Waals surface area contributed by atoms with Gasteiger partial charge in [-0.1, -0.05) is 0 Å². The Kier molecular flexibility index (Phi) is 6.38. The molecule has 21 heavy (non-hydrogen) atoms. The summed E-state index contributed by atoms with van der Waals surface area (Å²) in [4.78, 5) is 35.3. The molecule has 0 aromatic heterocycles. The highest BCUT2D eigenvalue weighted by atomic mass is 16.5. The smallest absolute Gasteiger partial charge is 0.326 e. The van der Waals surface area contributed by atoms with E-state index in [-0.39, 0.29) is 38.6 Å². The number of rotatable bonds is 6. The molecule has 5 N–H and O–H groups in total. The van der Waals surface area contributed by atoms with Crippen LogP contribution in [0.15, 0.2) is 0 Å². The number of carbonyl (C=O) groups is 3. The fourth-order valence-corrected chi connectivity index (χ4v) is 1.99. The van der Waals surface area contributed by atoms with Crippen molar-refractivity contribution >= 4 is 17.9 Å². The number of morpholine rings is 1. The first kappa shape index (κ1) is 17.2. The summed E-state index contributed by atoms with van der Waals surface area (Å²) in [5.41, 5.74) is 4.97. The molecule has 0 aliphatic carbocycles. The molecule has 9 nitrogen and oxygen atoms in total. The van der Waals surface area contributed by atoms with Gasteiger partial charge in [-0.2, -0.15) is 0 Å². The van der Waals surface area contributed by atoms with Crippen molar-refractivity contribution in [3.63, 3.8) is 0 Å². The van der Waals surface area contributed by atoms with E-state index in [1.165, 1.54) is 4.90 Å². The van der Waals surface area contributed by atoms with Crippen molar-refractivity contribution in [1.29, 1.82) is 0 Å². The van der Waals surface area contributed by atoms with Crippen molar-refractivity contribution < 1.29 is 29.3 Å². The summed E-state index contributed by atoms with van der Waals surface area (Å²) in [7, 11) is 0. The van der Waals surface area contributed by atoms with E-state index >= 15 is 0 Å². The van der Waals surface area contributed by atoms with Crippen LogP contribution in [0.5, 0.6) is 0 Å². The Morgan fingerprint density at radius 2 is 2.14 bits per heavy atom. The maximum absolute atomic E-state index is 12.1. The number of hydrogen-bond acceptors (Lipinski definition) is 5. The zero-order valence-electron chi connectivity index (χ0n) is 11.8. The molecule has 0 aromatic carbocycles. The number of amides is 3. The average Bonchev–Trinajstić information content (AvgIpc) is 2.43. The van der Waals surface area contributed by atoms with E-state index in [1.54, 1.807) is 6.92 Å². The van der Waals surface area contributed by atoms with Gasteiger partial charge in [0.25, 0.3) is 0 Å². The van der Waals surface area contributed by atoms with Crippen LogP contribution in [-0.4, -0.2) is 71.0 Å². The molecular weight excluding hydrogens is 282 g/mol. The van der Waals surface area contributed by atoms with Crippen molar-refractivity contribution in [1.82, 2.24) is 10.2 Å². The molecule has 1 saturated heterocycles. The van der Waals surface area contributed by atoms with Crippen molar-refractivity contribution in [3.05, 3.63) is 0 Å². The molecule has 1 rings (SSSR count). The predicted octanol–water partition coefficient (Wildman–Crippen LogP) is -1.50. The number of primary amides is 1. The van der Waals surface area contributed by atoms with Gasteiger partial charge in [0.05, 0.1) is 31.9 Å². The molecule has 120 valence electrons. The van der Waals surface area contributed by atoms with Gasteiger partial charge in [0.15, 0.2) is 0 Å². The number of carbonyl (C=O) groups excluding carboxylic acids is 2. The van der Waals surface area contributed by atoms with Gasteiger partial charge in [-0.25, -0.2) is 9.59 Å². The second-order valence-electron chi connectivity index (χ2n) is 4.98. The highest BCUT2D eigenvalue weighted by Crippen LogP contribution is 2.12. The molecule has 1 aliphatic rings. The number of ether oxygens (including phenoxy) is 1. The fraction of sp³-hybridized carbons (Fsp3) is 0.750. The quantitative estimate of drug-likeness (QED) is 0.470. The van der Waals surface area contributed by atoms with Crippen LogP contribution in [-0.2, 0) is 14.3 Å². The van der Waals surface area contributed by atoms with E-state index in [9.17, 15) is 14.4 Å². The van der Waals surface area contributed by atoms with Crippen LogP contribution in [0, 0.1) is 0 Å². The zero-order valence-corrected chi connectivity index (χ0v) is 11.8. The lowest BCUT2D eigenvalue weighted by atomic mass is 10.1. The number of carboxylic acids is 1. The molecule has 3 atom stereocenters. The van der Waals surface area contributed by atoms with Crippen LogP contribution in [0.1, 0.15) is 19.8 Å². The van der Waals surface area contributed by atoms with Gasteiger partial charge in [-0.3, -0.25) is 4.79 Å². The number of nitrogens with two attached hydrogens (primary N) is 1. The Bertz CT molecular complexity index is 402. The summed E-state index contributed by atoms with van der Waals surface area (Å²) < 4.78 is 5.30. The standard InChI is InChI=1S/C12H21N3O6/c1-7-6-21-8(5-16)4-15(7)12(20)14-9(11(18)19)2-3-10(13)17/h7-9,16H,2-6H2,1H3,(H2,13,17)(H,14,20)(H,18,19). The van der Waals surface area contributed by atoms with E-state index < -0.39 is 30.1 Å². The van der Waals surface area contributed by atoms with Crippen LogP contribution in [0.25, 0.3) is 0 Å². The van der Waals surface area contributed by atoms with Gasteiger partial charge in [0.2, 0.25) is 5.91 Å². The van der Waals surface area contributed by atoms with Crippen LogP contribution in [0.4, 0.5) is 4.79 Å². The van der Waals surface area contributed by atoms with Gasteiger partial charge < -0.3 is 30.9 Å². The largest absolute Gasteiger partial charge is 0.480 e. The lowest BCUT2D eigenvalue weighted by molar-refractivity contribution is -0.139. The Morgan fingerprint density at radius 1 is 1.48 bits per heavy atom. The molecular formula is C12H21N3O6. The second kappa shape index (κ2) is 7.79. The SMILES string of the molecule is CC1COC(CO)CN1C(=O)NC(CCC(N)=O)C(=O)O. The van der Waals surface area contributed by atoms with Crippen LogP contribution >= 0.6 is 0 Å². The molecule has 3 amide bonds. The molecule has 1 fully saturated rings. The first-order valence-corrected chi connectivity index (χ1v) is 6.65. The van der Waals surface area contributed by atoms with Crippen molar-refractivity contribution in [2.24, 2.45) is 5.73 Å². The zero-order chi connectivity index (χ0) is 16.0. The first-order valence-electron chi connectivity index (χ1n) is 6.65. The van der Waals surface area contributed by atoms with E-state index in [2.05, 4.69) is 5.32 Å². The molecule has 9 heteroatoms. The maximum Gasteiger partial charge on any atom is 0.326 e. The monoisotopic (exact) mass is 303 g/mol. The van der Waals surface area contributed by atoms with Gasteiger partial charge in [0, 0.05) is 6.42 Å². The van der Waals surface area contributed by atoms with Gasteiger partial charge in [0.1, 0.15) is 6.04 Å². The van der Waals surface area contributed by atoms with E-state index in [1.807, 2.05) is 0 Å². The molecule has 0 saturated carbocycles. The molecule has 1 heterocycles. The number of urea groups is 1. The third-order valence-corrected chi connectivity index (χ3v) is 3.25. The Morgan fingerprint density at radius 3 is 2.67 bits per heavy atom. The van der Waals surface area contributed by atoms with E-state index in [0.717, 1.165) is 0 Å². The van der Waals surface area contributed by atoms with Crippen LogP contribution < -0.4 is 11.1 Å². The van der Waals surface area contributed by atoms with Crippen LogP contribution in [0.2, 0.25) is 0 Å². The third kappa shape index (κ3) is 5.20. The summed E-state index contributed by atoms with van der Waals surface area (Å²) in [6.45, 7) is 1.97. The highest BCUT2D eigenvalue weighted by Gasteiger charge is 2.31. The molecule has 0 radical (unpaired) electrons. The number of carboxylic acid groups (broad SMARTS) is 1. The Balaban J connectivity index is 2.62. The van der Waals surface area contributed by atoms with E-state index in [4.69, 9.17) is 20.7 Å². The molecule has 0 bridgehead atoms. The maximum atomic E-state index is 12.1. The van der Waals surface area contributed by atoms with Crippen molar-refractivity contribution in [2.75, 3.05) is 19.8 Å². The molecule has 0 aromatic rings. The first-order chi connectivity index (χ1) is 9.85. The topological polar surface area (TPSA) is 142 Å². The van der Waals surface area contributed by atoms with Crippen molar-refractivity contribution in [3.8, 4) is 0 Å². The second-order valence-corrected chi connectivity index (χ2v) is 4.98. The number of aliphatic hydroxyl groups is 1. The molecule has 3 unspecified atom stereocenters. The minimum absolute atomic E-state index is 0.0709. The normalized spacial score (nSPS) is 23.4. The number of aliphatic carboxylic acids is 1. The number of nitrogens with zero attached hydrogens (tertiary/aromatic N) is 1. The summed E-state index contributed by atoms with van der Waals surface area (Å²) in [5.74, 6) is -1.86. The molecule has 1 aliphatic heterocycles. The van der Waals surface area contributed by atoms with Crippen molar-refractivity contribution in [2.45, 2.75) is 38.0 Å². The van der Waals surface area contributed by atoms with E-state index in [0.29, 0.717) is 0 Å². The molecule has 0 spiro atoms. The average molecular weight is 303 g/mol. The number of hydrogen-bond donors (Lipinski definition) is 4. The van der Waals surface area contributed by atoms with Gasteiger partial charge in [-0.05, 0) is 13.3 Å². The van der Waals surface area contributed by atoms with Gasteiger partial charge >= 0.3 is 12.0 Å². The predicted molar refractivity (Wildman–Crippen MR) is 71.4 cm³/mol. The Labute approximate surface area is 122 Å².